The number of halogens is 1. The number of aldehydes is 1. The van der Waals surface area contributed by atoms with Crippen LogP contribution in [0, 0.1) is 5.92 Å². The van der Waals surface area contributed by atoms with E-state index in [1.54, 1.807) is 18.2 Å². The standard InChI is InChI=1S/C22H28FN3O4.C8H18/c1-3-19(30-16-17-9-6-4-5-7-10-17)12-8-11-18(13-14-27)26(23)21-15-20(22(28)29)24-25(21)2;1-4-6-7-8(3)5-2/h3-9,12-15,20,22,24,28-29H,10-11,16H2,1-2H3;8H,4-7H2,1-3H3/b12-8-,18-13-,19-3+;. The van der Waals surface area contributed by atoms with Crippen LogP contribution >= 0.6 is 0 Å². The lowest BCUT2D eigenvalue weighted by Gasteiger charge is -2.24. The highest BCUT2D eigenvalue weighted by molar-refractivity contribution is 5.66. The predicted molar refractivity (Wildman–Crippen MR) is 152 cm³/mol. The van der Waals surface area contributed by atoms with Crippen LogP contribution in [-0.2, 0) is 9.53 Å². The molecule has 0 aromatic heterocycles. The second-order valence-corrected chi connectivity index (χ2v) is 9.31. The van der Waals surface area contributed by atoms with Gasteiger partial charge in [-0.15, -0.1) is 0 Å². The van der Waals surface area contributed by atoms with Crippen LogP contribution in [0.5, 0.6) is 0 Å². The number of hydrogen-bond donors (Lipinski definition) is 3. The molecule has 0 spiro atoms. The molecule has 0 saturated carbocycles. The lowest BCUT2D eigenvalue weighted by atomic mass is 10.0. The summed E-state index contributed by atoms with van der Waals surface area (Å²) < 4.78 is 20.7. The number of hydrazine groups is 1. The van der Waals surface area contributed by atoms with Crippen LogP contribution in [0.25, 0.3) is 0 Å². The number of ether oxygens (including phenoxy) is 1. The molecule has 7 nitrogen and oxygen atoms in total. The monoisotopic (exact) mass is 531 g/mol. The van der Waals surface area contributed by atoms with E-state index in [1.165, 1.54) is 43.8 Å². The van der Waals surface area contributed by atoms with E-state index in [0.29, 0.717) is 23.8 Å². The summed E-state index contributed by atoms with van der Waals surface area (Å²) in [6.07, 6.45) is 23.0. The van der Waals surface area contributed by atoms with E-state index in [-0.39, 0.29) is 17.9 Å². The molecule has 2 unspecified atom stereocenters. The summed E-state index contributed by atoms with van der Waals surface area (Å²) in [7, 11) is 1.54. The number of carbonyl (C=O) groups is 1. The summed E-state index contributed by atoms with van der Waals surface area (Å²) in [6.45, 7) is 9.13. The average Bonchev–Trinajstić information content (AvgIpc) is 3.12. The van der Waals surface area contributed by atoms with Crippen molar-refractivity contribution in [2.24, 2.45) is 5.92 Å². The van der Waals surface area contributed by atoms with Gasteiger partial charge in [0.2, 0.25) is 0 Å². The average molecular weight is 532 g/mol. The normalized spacial score (nSPS) is 18.7. The first-order valence-electron chi connectivity index (χ1n) is 13.4. The number of allylic oxidation sites excluding steroid dienone is 9. The van der Waals surface area contributed by atoms with E-state index in [9.17, 15) is 19.5 Å². The minimum absolute atomic E-state index is 0.0542. The van der Waals surface area contributed by atoms with Gasteiger partial charge in [0, 0.05) is 19.5 Å². The highest BCUT2D eigenvalue weighted by atomic mass is 19.2. The highest BCUT2D eigenvalue weighted by Crippen LogP contribution is 2.23. The molecule has 8 heteroatoms. The van der Waals surface area contributed by atoms with Gasteiger partial charge in [0.1, 0.15) is 18.7 Å². The molecule has 0 amide bonds. The lowest BCUT2D eigenvalue weighted by molar-refractivity contribution is -0.104. The van der Waals surface area contributed by atoms with Crippen molar-refractivity contribution in [1.29, 1.82) is 0 Å². The van der Waals surface area contributed by atoms with Gasteiger partial charge in [0.25, 0.3) is 0 Å². The molecule has 212 valence electrons. The number of rotatable bonds is 14. The van der Waals surface area contributed by atoms with Crippen molar-refractivity contribution in [3.05, 3.63) is 83.6 Å². The number of aliphatic hydroxyl groups excluding tert-OH is 1. The van der Waals surface area contributed by atoms with E-state index in [4.69, 9.17) is 4.74 Å². The topological polar surface area (TPSA) is 85.3 Å². The first kappa shape index (κ1) is 33.1. The molecule has 2 rings (SSSR count). The second kappa shape index (κ2) is 19.2. The highest BCUT2D eigenvalue weighted by Gasteiger charge is 2.29. The summed E-state index contributed by atoms with van der Waals surface area (Å²) >= 11 is 0. The van der Waals surface area contributed by atoms with Gasteiger partial charge >= 0.3 is 0 Å². The van der Waals surface area contributed by atoms with Crippen molar-refractivity contribution in [2.75, 3.05) is 13.7 Å². The van der Waals surface area contributed by atoms with Gasteiger partial charge in [0.05, 0.1) is 11.7 Å². The molecule has 2 aliphatic rings. The molecule has 3 N–H and O–H groups in total. The summed E-state index contributed by atoms with van der Waals surface area (Å²) in [5, 5.41) is 20.2. The van der Waals surface area contributed by atoms with Gasteiger partial charge in [-0.2, -0.15) is 5.12 Å². The zero-order chi connectivity index (χ0) is 28.3. The van der Waals surface area contributed by atoms with E-state index in [2.05, 4.69) is 32.3 Å². The Morgan fingerprint density at radius 3 is 2.68 bits per heavy atom. The fourth-order valence-corrected chi connectivity index (χ4v) is 3.57. The van der Waals surface area contributed by atoms with Crippen molar-refractivity contribution >= 4 is 6.29 Å². The van der Waals surface area contributed by atoms with Crippen LogP contribution in [0.1, 0.15) is 66.2 Å². The van der Waals surface area contributed by atoms with E-state index >= 15 is 0 Å². The zero-order valence-corrected chi connectivity index (χ0v) is 23.5. The van der Waals surface area contributed by atoms with Crippen molar-refractivity contribution in [2.45, 2.75) is 78.6 Å². The van der Waals surface area contributed by atoms with Gasteiger partial charge in [-0.1, -0.05) is 87.4 Å². The number of aliphatic hydroxyl groups is 2. The summed E-state index contributed by atoms with van der Waals surface area (Å²) in [6, 6.07) is -0.845. The first-order chi connectivity index (χ1) is 18.3. The Balaban J connectivity index is 0.000000781. The van der Waals surface area contributed by atoms with Gasteiger partial charge in [-0.25, -0.2) is 5.43 Å². The zero-order valence-electron chi connectivity index (χ0n) is 23.5. The molecule has 2 atom stereocenters. The quantitative estimate of drug-likeness (QED) is 0.0656. The molecule has 0 fully saturated rings. The van der Waals surface area contributed by atoms with Crippen LogP contribution in [0.15, 0.2) is 83.6 Å². The third-order valence-corrected chi connectivity index (χ3v) is 6.19. The third kappa shape index (κ3) is 12.5. The van der Waals surface area contributed by atoms with Crippen LogP contribution in [0.4, 0.5) is 4.48 Å². The maximum atomic E-state index is 14.9. The van der Waals surface area contributed by atoms with Crippen LogP contribution < -0.4 is 5.43 Å². The molecular weight excluding hydrogens is 485 g/mol. The maximum Gasteiger partial charge on any atom is 0.172 e. The van der Waals surface area contributed by atoms with Crippen molar-refractivity contribution < 1.29 is 24.2 Å². The minimum Gasteiger partial charge on any atom is -0.490 e. The third-order valence-electron chi connectivity index (χ3n) is 6.19. The number of hydrogen-bond acceptors (Lipinski definition) is 7. The molecule has 0 radical (unpaired) electrons. The minimum atomic E-state index is -1.68. The van der Waals surface area contributed by atoms with E-state index in [0.717, 1.165) is 24.0 Å². The van der Waals surface area contributed by atoms with Crippen molar-refractivity contribution in [3.63, 3.8) is 0 Å². The molecule has 1 aliphatic carbocycles. The molecule has 0 saturated heterocycles. The Labute approximate surface area is 227 Å². The number of nitrogens with one attached hydrogen (secondary N) is 1. The van der Waals surface area contributed by atoms with Crippen LogP contribution in [0.2, 0.25) is 0 Å². The molecule has 1 aliphatic heterocycles. The Bertz CT molecular complexity index is 918. The SMILES string of the molecule is C/C=C(\C=C/C/C(=C/C=O)N(F)C1=CC(C(O)O)NN1C)OCC1=CC=CC=CC1.CCCCC(C)CC. The first-order valence-corrected chi connectivity index (χ1v) is 13.4. The van der Waals surface area contributed by atoms with Crippen LogP contribution in [0.3, 0.4) is 0 Å². The van der Waals surface area contributed by atoms with Crippen LogP contribution in [-0.4, -0.2) is 52.6 Å². The predicted octanol–water partition coefficient (Wildman–Crippen LogP) is 5.76. The van der Waals surface area contributed by atoms with Crippen molar-refractivity contribution in [1.82, 2.24) is 15.6 Å². The smallest absolute Gasteiger partial charge is 0.172 e. The molecule has 0 aromatic rings. The van der Waals surface area contributed by atoms with Gasteiger partial charge in [-0.05, 0) is 43.1 Å². The Kier molecular flexibility index (Phi) is 16.7. The Hall–Kier alpha value is -2.94. The largest absolute Gasteiger partial charge is 0.490 e. The maximum absolute atomic E-state index is 14.9. The molecule has 0 bridgehead atoms. The van der Waals surface area contributed by atoms with Gasteiger partial charge in [0.15, 0.2) is 12.1 Å². The van der Waals surface area contributed by atoms with Gasteiger partial charge < -0.3 is 14.9 Å². The Morgan fingerprint density at radius 1 is 1.32 bits per heavy atom. The summed E-state index contributed by atoms with van der Waals surface area (Å²) in [4.78, 5) is 11.0. The number of carbonyl (C=O) groups excluding carboxylic acids is 1. The molecule has 1 heterocycles. The van der Waals surface area contributed by atoms with E-state index in [1.807, 2.05) is 31.2 Å². The summed E-state index contributed by atoms with van der Waals surface area (Å²) in [5.41, 5.74) is 3.92. The summed E-state index contributed by atoms with van der Waals surface area (Å²) in [5.74, 6) is 1.64. The molecule has 38 heavy (non-hydrogen) atoms. The van der Waals surface area contributed by atoms with Gasteiger partial charge in [-0.3, -0.25) is 9.80 Å². The molecule has 0 aromatic carbocycles. The lowest BCUT2D eigenvalue weighted by Crippen LogP contribution is -2.42. The molecular formula is C30H46FN3O4. The number of nitrogens with zero attached hydrogens (tertiary/aromatic N) is 2. The van der Waals surface area contributed by atoms with Crippen molar-refractivity contribution in [3.8, 4) is 0 Å². The second-order valence-electron chi connectivity index (χ2n) is 9.31. The fourth-order valence-electron chi connectivity index (χ4n) is 3.57. The number of unbranched alkanes of at least 4 members (excludes halogenated alkanes) is 1. The fraction of sp³-hybridized carbons (Fsp3) is 0.500. The van der Waals surface area contributed by atoms with E-state index < -0.39 is 12.3 Å². The Morgan fingerprint density at radius 2 is 2.08 bits per heavy atom.